The van der Waals surface area contributed by atoms with Gasteiger partial charge in [0.2, 0.25) is 17.1 Å². The second kappa shape index (κ2) is 13.5. The van der Waals surface area contributed by atoms with Crippen LogP contribution in [0.3, 0.4) is 0 Å². The summed E-state index contributed by atoms with van der Waals surface area (Å²) in [6.07, 6.45) is 0.780. The number of carbonyl (C=O) groups is 3. The lowest BCUT2D eigenvalue weighted by atomic mass is 9.88. The first-order valence-corrected chi connectivity index (χ1v) is 11.3. The SMILES string of the molecule is CCC(=O)C(C)(N=O)C(=O)C(=O)CN(C)Cc1ccc(CSCCN/C(=C/[N+](=O)[O-])NC)o1. The van der Waals surface area contributed by atoms with Crippen LogP contribution in [0.5, 0.6) is 0 Å². The Morgan fingerprint density at radius 1 is 1.33 bits per heavy atom. The average molecular weight is 484 g/mol. The first-order chi connectivity index (χ1) is 15.6. The highest BCUT2D eigenvalue weighted by atomic mass is 32.2. The molecule has 1 heterocycles. The minimum Gasteiger partial charge on any atom is -0.464 e. The Morgan fingerprint density at radius 2 is 2.00 bits per heavy atom. The molecule has 0 saturated carbocycles. The summed E-state index contributed by atoms with van der Waals surface area (Å²) in [5.74, 6) is 0.199. The van der Waals surface area contributed by atoms with Crippen molar-refractivity contribution in [2.24, 2.45) is 5.18 Å². The Hall–Kier alpha value is -3.06. The highest BCUT2D eigenvalue weighted by Gasteiger charge is 2.45. The first-order valence-electron chi connectivity index (χ1n) is 10.1. The maximum Gasteiger partial charge on any atom is 0.274 e. The minimum absolute atomic E-state index is 0.0768. The van der Waals surface area contributed by atoms with E-state index < -0.39 is 27.8 Å². The summed E-state index contributed by atoms with van der Waals surface area (Å²) in [6.45, 7) is 3.03. The number of ketones is 3. The van der Waals surface area contributed by atoms with E-state index in [0.29, 0.717) is 35.4 Å². The van der Waals surface area contributed by atoms with Crippen molar-refractivity contribution in [3.8, 4) is 0 Å². The number of hydrogen-bond acceptors (Lipinski definition) is 12. The summed E-state index contributed by atoms with van der Waals surface area (Å²) in [4.78, 5) is 59.0. The van der Waals surface area contributed by atoms with Crippen LogP contribution in [-0.2, 0) is 26.7 Å². The zero-order valence-corrected chi connectivity index (χ0v) is 19.9. The van der Waals surface area contributed by atoms with Crippen LogP contribution in [0.2, 0.25) is 0 Å². The van der Waals surface area contributed by atoms with E-state index in [1.54, 1.807) is 42.9 Å². The number of nitro groups is 1. The fraction of sp³-hybridized carbons (Fsp3) is 0.550. The number of furan rings is 1. The Morgan fingerprint density at radius 3 is 2.58 bits per heavy atom. The average Bonchev–Trinajstić information content (AvgIpc) is 3.22. The van der Waals surface area contributed by atoms with Crippen LogP contribution in [0.25, 0.3) is 0 Å². The molecule has 0 aliphatic carbocycles. The Labute approximate surface area is 195 Å². The van der Waals surface area contributed by atoms with E-state index in [4.69, 9.17) is 4.42 Å². The van der Waals surface area contributed by atoms with Crippen molar-refractivity contribution in [3.63, 3.8) is 0 Å². The standard InChI is InChI=1S/C20H29N5O7S/c1-5-17(27)20(2,23-29)19(28)16(26)11-24(4)10-14-6-7-15(32-14)13-33-9-8-22-18(21-3)12-25(30)31/h6-7,12,21-22H,5,8-11,13H2,1-4H3/b18-12+. The topological polar surface area (TPSA) is 164 Å². The number of hydrogen-bond donors (Lipinski definition) is 2. The quantitative estimate of drug-likeness (QED) is 0.0823. The zero-order chi connectivity index (χ0) is 25.0. The second-order valence-corrected chi connectivity index (χ2v) is 8.40. The molecule has 1 atom stereocenters. The minimum atomic E-state index is -2.19. The van der Waals surface area contributed by atoms with Crippen molar-refractivity contribution in [3.05, 3.63) is 50.7 Å². The molecule has 0 aromatic carbocycles. The summed E-state index contributed by atoms with van der Waals surface area (Å²) in [6, 6.07) is 3.56. The maximum absolute atomic E-state index is 12.3. The van der Waals surface area contributed by atoms with Gasteiger partial charge in [0.1, 0.15) is 11.5 Å². The molecule has 33 heavy (non-hydrogen) atoms. The molecule has 0 spiro atoms. The van der Waals surface area contributed by atoms with Gasteiger partial charge in [-0.3, -0.25) is 29.4 Å². The molecule has 1 aromatic heterocycles. The third-order valence-corrected chi connectivity index (χ3v) is 5.59. The number of Topliss-reactive ketones (excluding diaryl/α,β-unsaturated/α-hetero) is 3. The van der Waals surface area contributed by atoms with E-state index in [1.165, 1.54) is 6.92 Å². The van der Waals surface area contributed by atoms with Gasteiger partial charge in [-0.2, -0.15) is 11.8 Å². The summed E-state index contributed by atoms with van der Waals surface area (Å²) < 4.78 is 5.73. The Balaban J connectivity index is 2.49. The normalized spacial score (nSPS) is 13.3. The number of thioether (sulfide) groups is 1. The molecule has 0 aliphatic heterocycles. The fourth-order valence-corrected chi connectivity index (χ4v) is 3.54. The van der Waals surface area contributed by atoms with Crippen LogP contribution < -0.4 is 10.6 Å². The molecule has 12 nitrogen and oxygen atoms in total. The van der Waals surface area contributed by atoms with Gasteiger partial charge in [0.25, 0.3) is 6.20 Å². The smallest absolute Gasteiger partial charge is 0.274 e. The predicted octanol–water partition coefficient (Wildman–Crippen LogP) is 1.47. The van der Waals surface area contributed by atoms with Crippen LogP contribution in [0.4, 0.5) is 0 Å². The van der Waals surface area contributed by atoms with Gasteiger partial charge in [-0.15, -0.1) is 4.91 Å². The van der Waals surface area contributed by atoms with Gasteiger partial charge in [0.05, 0.1) is 23.8 Å². The van der Waals surface area contributed by atoms with E-state index in [9.17, 15) is 29.4 Å². The lowest BCUT2D eigenvalue weighted by Gasteiger charge is -2.19. The van der Waals surface area contributed by atoms with Gasteiger partial charge in [0.15, 0.2) is 11.6 Å². The summed E-state index contributed by atoms with van der Waals surface area (Å²) >= 11 is 1.57. The molecule has 0 amide bonds. The molecule has 182 valence electrons. The van der Waals surface area contributed by atoms with E-state index in [0.717, 1.165) is 13.1 Å². The Bertz CT molecular complexity index is 901. The number of carbonyl (C=O) groups excluding carboxylic acids is 3. The summed E-state index contributed by atoms with van der Waals surface area (Å²) in [5, 5.41) is 18.7. The molecule has 2 N–H and O–H groups in total. The summed E-state index contributed by atoms with van der Waals surface area (Å²) in [5.41, 5.74) is -2.19. The van der Waals surface area contributed by atoms with Crippen molar-refractivity contribution in [1.82, 2.24) is 15.5 Å². The highest BCUT2D eigenvalue weighted by Crippen LogP contribution is 2.18. The van der Waals surface area contributed by atoms with Crippen molar-refractivity contribution >= 4 is 29.1 Å². The van der Waals surface area contributed by atoms with Gasteiger partial charge in [-0.25, -0.2) is 0 Å². The molecule has 0 bridgehead atoms. The van der Waals surface area contributed by atoms with Crippen LogP contribution in [-0.4, -0.2) is 65.6 Å². The number of rotatable bonds is 17. The molecule has 0 radical (unpaired) electrons. The van der Waals surface area contributed by atoms with Crippen LogP contribution in [0.15, 0.2) is 33.7 Å². The lowest BCUT2D eigenvalue weighted by molar-refractivity contribution is -0.404. The van der Waals surface area contributed by atoms with Crippen molar-refractivity contribution < 1.29 is 23.7 Å². The van der Waals surface area contributed by atoms with Gasteiger partial charge in [-0.1, -0.05) is 6.92 Å². The van der Waals surface area contributed by atoms with E-state index in [2.05, 4.69) is 15.8 Å². The highest BCUT2D eigenvalue weighted by molar-refractivity contribution is 7.98. The number of nitrogens with zero attached hydrogens (tertiary/aromatic N) is 3. The van der Waals surface area contributed by atoms with Crippen LogP contribution in [0, 0.1) is 15.0 Å². The predicted molar refractivity (Wildman–Crippen MR) is 123 cm³/mol. The third kappa shape index (κ3) is 8.77. The number of likely N-dealkylation sites (N-methyl/N-ethyl adjacent to an activating group) is 1. The number of nitroso groups, excluding NO2 is 1. The largest absolute Gasteiger partial charge is 0.464 e. The van der Waals surface area contributed by atoms with E-state index in [-0.39, 0.29) is 19.5 Å². The fourth-order valence-electron chi connectivity index (χ4n) is 2.79. The van der Waals surface area contributed by atoms with Gasteiger partial charge < -0.3 is 15.1 Å². The molecule has 0 saturated heterocycles. The van der Waals surface area contributed by atoms with Crippen LogP contribution in [0.1, 0.15) is 31.8 Å². The summed E-state index contributed by atoms with van der Waals surface area (Å²) in [7, 11) is 3.20. The molecule has 1 aromatic rings. The zero-order valence-electron chi connectivity index (χ0n) is 19.1. The van der Waals surface area contributed by atoms with Gasteiger partial charge >= 0.3 is 0 Å². The first kappa shape index (κ1) is 28.0. The molecule has 13 heteroatoms. The van der Waals surface area contributed by atoms with Crippen molar-refractivity contribution in [1.29, 1.82) is 0 Å². The lowest BCUT2D eigenvalue weighted by Crippen LogP contribution is -2.47. The monoisotopic (exact) mass is 483 g/mol. The molecule has 1 rings (SSSR count). The molecule has 1 unspecified atom stereocenters. The number of nitrogens with one attached hydrogen (secondary N) is 2. The Kier molecular flexibility index (Phi) is 11.4. The van der Waals surface area contributed by atoms with Crippen molar-refractivity contribution in [2.75, 3.05) is 32.9 Å². The van der Waals surface area contributed by atoms with E-state index >= 15 is 0 Å². The van der Waals surface area contributed by atoms with E-state index in [1.807, 2.05) is 0 Å². The van der Waals surface area contributed by atoms with Gasteiger partial charge in [0, 0.05) is 25.8 Å². The molecule has 0 aliphatic rings. The molecular formula is C20H29N5O7S. The second-order valence-electron chi connectivity index (χ2n) is 7.29. The maximum atomic E-state index is 12.3. The third-order valence-electron chi connectivity index (χ3n) is 4.61. The van der Waals surface area contributed by atoms with Crippen molar-refractivity contribution in [2.45, 2.75) is 38.1 Å². The van der Waals surface area contributed by atoms with Crippen LogP contribution >= 0.6 is 11.8 Å². The molecule has 0 fully saturated rings. The van der Waals surface area contributed by atoms with Gasteiger partial charge in [-0.05, 0) is 31.3 Å². The molecular weight excluding hydrogens is 454 g/mol.